The van der Waals surface area contributed by atoms with Crippen molar-refractivity contribution < 1.29 is 18.3 Å². The molecule has 11 aromatic rings. The highest BCUT2D eigenvalue weighted by Gasteiger charge is 2.46. The zero-order valence-corrected chi connectivity index (χ0v) is 37.9. The van der Waals surface area contributed by atoms with Gasteiger partial charge in [0.25, 0.3) is 0 Å². The van der Waals surface area contributed by atoms with Gasteiger partial charge in [-0.25, -0.2) is 4.98 Å². The van der Waals surface area contributed by atoms with Crippen LogP contribution >= 0.6 is 0 Å². The van der Waals surface area contributed by atoms with E-state index in [2.05, 4.69) is 249 Å². The van der Waals surface area contributed by atoms with Crippen LogP contribution in [-0.4, -0.2) is 15.7 Å². The first-order valence-electron chi connectivity index (χ1n) is 23.6. The second kappa shape index (κ2) is 16.7. The summed E-state index contributed by atoms with van der Waals surface area (Å²) in [4.78, 5) is 13.0. The van der Waals surface area contributed by atoms with Gasteiger partial charge < -0.3 is 4.98 Å². The molecule has 2 aliphatic rings. The minimum atomic E-state index is -0.500. The second-order valence-corrected chi connectivity index (χ2v) is 18.1. The van der Waals surface area contributed by atoms with Crippen LogP contribution in [0, 0.1) is 0 Å². The van der Waals surface area contributed by atoms with Crippen LogP contribution in [0.4, 0.5) is 5.69 Å². The average Bonchev–Trinajstić information content (AvgIpc) is 4.11. The standard InChI is InChI=1S/C62H46N7/c1-6-14-58-48(9-1)41-51(63-58)42-66-33-25-44(26-34-66)46-29-37-68(38-30-46)52-21-17-49(18-22-52)62(56-12-4-2-10-54(56)55-11-3-5-13-57(55)62)50-19-23-53(24-20-50)69-39-31-47(32-40-69)45-27-35-67(36-28-45)43-61-64-59-15-7-8-16-60(59)65-61/h1-40H,41-43H2/q+3/p+1. The highest BCUT2D eigenvalue weighted by molar-refractivity contribution is 5.93. The highest BCUT2D eigenvalue weighted by atomic mass is 15.0. The first-order chi connectivity index (χ1) is 34.1. The first-order valence-corrected chi connectivity index (χ1v) is 23.6. The number of rotatable bonds is 10. The molecule has 0 unspecified atom stereocenters. The maximum absolute atomic E-state index is 4.86. The van der Waals surface area contributed by atoms with Crippen LogP contribution in [0.15, 0.2) is 249 Å². The number of hydrogen-bond donors (Lipinski definition) is 1. The van der Waals surface area contributed by atoms with Crippen molar-refractivity contribution in [3.8, 4) is 44.8 Å². The lowest BCUT2D eigenvalue weighted by molar-refractivity contribution is -0.689. The summed E-state index contributed by atoms with van der Waals surface area (Å²) in [5.74, 6) is 0.943. The van der Waals surface area contributed by atoms with Crippen LogP contribution in [0.25, 0.3) is 55.8 Å². The van der Waals surface area contributed by atoms with Gasteiger partial charge in [-0.2, -0.15) is 18.3 Å². The highest BCUT2D eigenvalue weighted by Crippen LogP contribution is 2.56. The van der Waals surface area contributed by atoms with Gasteiger partial charge in [-0.05, 0) is 79.4 Å². The Hall–Kier alpha value is -8.94. The monoisotopic (exact) mass is 889 g/mol. The Morgan fingerprint density at radius 1 is 0.435 bits per heavy atom. The van der Waals surface area contributed by atoms with E-state index in [4.69, 9.17) is 9.98 Å². The second-order valence-electron chi connectivity index (χ2n) is 18.1. The first kappa shape index (κ1) is 40.3. The molecular weight excluding hydrogens is 843 g/mol. The Balaban J connectivity index is 0.756. The molecule has 13 rings (SSSR count). The molecule has 0 spiro atoms. The van der Waals surface area contributed by atoms with E-state index in [1.807, 2.05) is 18.2 Å². The zero-order chi connectivity index (χ0) is 45.7. The molecule has 0 amide bonds. The molecule has 0 fully saturated rings. The van der Waals surface area contributed by atoms with Crippen molar-refractivity contribution in [2.45, 2.75) is 24.9 Å². The summed E-state index contributed by atoms with van der Waals surface area (Å²) in [6.07, 6.45) is 18.1. The number of aliphatic imine (C=N–C) groups is 1. The number of aromatic nitrogens is 6. The van der Waals surface area contributed by atoms with E-state index in [9.17, 15) is 0 Å². The van der Waals surface area contributed by atoms with Crippen LogP contribution in [0.1, 0.15) is 33.6 Å². The molecule has 0 saturated heterocycles. The number of fused-ring (bicyclic) bond motifs is 5. The van der Waals surface area contributed by atoms with Gasteiger partial charge in [-0.3, -0.25) is 4.99 Å². The minimum absolute atomic E-state index is 0.500. The van der Waals surface area contributed by atoms with Gasteiger partial charge in [-0.15, -0.1) is 0 Å². The quantitative estimate of drug-likeness (QED) is 0.137. The van der Waals surface area contributed by atoms with Crippen LogP contribution < -0.4 is 18.3 Å². The molecule has 5 aromatic heterocycles. The number of pyridine rings is 4. The number of H-pyrrole nitrogens is 1. The number of benzene rings is 6. The molecule has 0 atom stereocenters. The maximum Gasteiger partial charge on any atom is 0.210 e. The van der Waals surface area contributed by atoms with Crippen molar-refractivity contribution in [3.05, 3.63) is 277 Å². The molecule has 6 aromatic carbocycles. The molecular formula is C62H47N7+4. The molecule has 7 heteroatoms. The van der Waals surface area contributed by atoms with Crippen LogP contribution in [0.5, 0.6) is 0 Å². The molecule has 6 heterocycles. The Bertz CT molecular complexity index is 3630. The van der Waals surface area contributed by atoms with Gasteiger partial charge in [-0.1, -0.05) is 103 Å². The number of aromatic amines is 1. The molecule has 0 saturated carbocycles. The molecule has 326 valence electrons. The fraction of sp³-hybridized carbons (Fsp3) is 0.0645. The average molecular weight is 890 g/mol. The van der Waals surface area contributed by atoms with Gasteiger partial charge in [0.1, 0.15) is 0 Å². The molecule has 7 nitrogen and oxygen atoms in total. The van der Waals surface area contributed by atoms with E-state index in [1.54, 1.807) is 0 Å². The summed E-state index contributed by atoms with van der Waals surface area (Å²) in [6.45, 7) is 1.48. The van der Waals surface area contributed by atoms with E-state index in [-0.39, 0.29) is 0 Å². The smallest absolute Gasteiger partial charge is 0.210 e. The van der Waals surface area contributed by atoms with Gasteiger partial charge in [0.2, 0.25) is 17.9 Å². The predicted octanol–water partition coefficient (Wildman–Crippen LogP) is 10.8. The summed E-state index contributed by atoms with van der Waals surface area (Å²) >= 11 is 0. The number of imidazole rings is 1. The van der Waals surface area contributed by atoms with Crippen molar-refractivity contribution in [1.82, 2.24) is 9.97 Å². The summed E-state index contributed by atoms with van der Waals surface area (Å²) in [5.41, 5.74) is 19.7. The van der Waals surface area contributed by atoms with Crippen LogP contribution in [-0.2, 0) is 24.9 Å². The number of para-hydroxylation sites is 3. The van der Waals surface area contributed by atoms with E-state index < -0.39 is 5.41 Å². The van der Waals surface area contributed by atoms with Crippen molar-refractivity contribution in [3.63, 3.8) is 0 Å². The fourth-order valence-corrected chi connectivity index (χ4v) is 10.6. The molecule has 69 heavy (non-hydrogen) atoms. The van der Waals surface area contributed by atoms with E-state index >= 15 is 0 Å². The summed E-state index contributed by atoms with van der Waals surface area (Å²) < 4.78 is 8.76. The molecule has 1 aliphatic carbocycles. The molecule has 1 aliphatic heterocycles. The lowest BCUT2D eigenvalue weighted by Crippen LogP contribution is -2.37. The summed E-state index contributed by atoms with van der Waals surface area (Å²) in [7, 11) is 0. The maximum atomic E-state index is 4.86. The Morgan fingerprint density at radius 3 is 1.43 bits per heavy atom. The summed E-state index contributed by atoms with van der Waals surface area (Å²) in [6, 6.07) is 70.3. The lowest BCUT2D eigenvalue weighted by Gasteiger charge is -2.33. The topological polar surface area (TPSA) is 56.6 Å². The van der Waals surface area contributed by atoms with Crippen LogP contribution in [0.2, 0.25) is 0 Å². The van der Waals surface area contributed by atoms with Gasteiger partial charge >= 0.3 is 0 Å². The molecule has 0 bridgehead atoms. The molecule has 0 radical (unpaired) electrons. The van der Waals surface area contributed by atoms with Gasteiger partial charge in [0.05, 0.1) is 27.8 Å². The van der Waals surface area contributed by atoms with Crippen LogP contribution in [0.3, 0.4) is 0 Å². The Kier molecular flexibility index (Phi) is 9.79. The van der Waals surface area contributed by atoms with Gasteiger partial charge in [0.15, 0.2) is 61.9 Å². The van der Waals surface area contributed by atoms with Gasteiger partial charge in [0, 0.05) is 79.2 Å². The van der Waals surface area contributed by atoms with Crippen molar-refractivity contribution >= 4 is 22.4 Å². The predicted molar refractivity (Wildman–Crippen MR) is 271 cm³/mol. The third-order valence-corrected chi connectivity index (χ3v) is 14.1. The van der Waals surface area contributed by atoms with Crippen molar-refractivity contribution in [1.29, 1.82) is 0 Å². The molecule has 1 N–H and O–H groups in total. The van der Waals surface area contributed by atoms with Crippen molar-refractivity contribution in [2.75, 3.05) is 0 Å². The van der Waals surface area contributed by atoms with E-state index in [1.165, 1.54) is 61.3 Å². The van der Waals surface area contributed by atoms with E-state index in [0.717, 1.165) is 52.4 Å². The number of hydrogen-bond acceptors (Lipinski definition) is 2. The normalized spacial score (nSPS) is 13.2. The summed E-state index contributed by atoms with van der Waals surface area (Å²) in [5, 5.41) is 0. The minimum Gasteiger partial charge on any atom is -0.337 e. The number of nitrogens with one attached hydrogen (secondary N) is 1. The fourth-order valence-electron chi connectivity index (χ4n) is 10.6. The lowest BCUT2D eigenvalue weighted by atomic mass is 9.67. The Labute approximate surface area is 400 Å². The zero-order valence-electron chi connectivity index (χ0n) is 37.9. The number of nitrogens with zero attached hydrogens (tertiary/aromatic N) is 6. The SMILES string of the molecule is c1ccc2c(c1)CC(C[n+]1ccc(-c3cc[n+](-c4ccc(C5(c6ccc(-[n+]7ccc(-c8cc[n+](Cc9nc%10ccccc%10[nH]9)cc8)cc7)cc6)c6ccccc6-c6ccccc65)cc4)cc3)cc1)=N2. The largest absolute Gasteiger partial charge is 0.337 e. The van der Waals surface area contributed by atoms with E-state index in [0.29, 0.717) is 6.54 Å². The third-order valence-electron chi connectivity index (χ3n) is 14.1. The third kappa shape index (κ3) is 7.23. The Morgan fingerprint density at radius 2 is 0.899 bits per heavy atom. The van der Waals surface area contributed by atoms with Crippen molar-refractivity contribution in [2.24, 2.45) is 4.99 Å².